The van der Waals surface area contributed by atoms with E-state index < -0.39 is 6.04 Å². The number of hydrogen-bond acceptors (Lipinski definition) is 4. The molecule has 0 aliphatic rings. The fraction of sp³-hybridized carbons (Fsp3) is 0.188. The van der Waals surface area contributed by atoms with Crippen LogP contribution in [0.25, 0.3) is 0 Å². The van der Waals surface area contributed by atoms with Gasteiger partial charge in [-0.15, -0.1) is 0 Å². The fourth-order valence-corrected chi connectivity index (χ4v) is 1.92. The molecule has 0 aliphatic carbocycles. The van der Waals surface area contributed by atoms with Crippen LogP contribution >= 0.6 is 0 Å². The number of carbonyl (C=O) groups is 2. The SMILES string of the molecule is CCNC(=O)C(N)c1ccc(C(=O)Nc2ccncc2)cc1. The topological polar surface area (TPSA) is 97.1 Å². The van der Waals surface area contributed by atoms with E-state index in [4.69, 9.17) is 5.73 Å². The molecule has 22 heavy (non-hydrogen) atoms. The molecule has 1 atom stereocenters. The number of rotatable bonds is 5. The number of nitrogens with one attached hydrogen (secondary N) is 2. The Morgan fingerprint density at radius 1 is 1.14 bits per heavy atom. The Bertz CT molecular complexity index is 641. The number of anilines is 1. The van der Waals surface area contributed by atoms with Gasteiger partial charge in [-0.05, 0) is 36.8 Å². The molecule has 0 spiro atoms. The molecule has 0 saturated heterocycles. The summed E-state index contributed by atoms with van der Waals surface area (Å²) < 4.78 is 0. The molecule has 1 aromatic heterocycles. The highest BCUT2D eigenvalue weighted by atomic mass is 16.2. The van der Waals surface area contributed by atoms with Crippen molar-refractivity contribution in [2.45, 2.75) is 13.0 Å². The number of carbonyl (C=O) groups excluding carboxylic acids is 2. The van der Waals surface area contributed by atoms with E-state index in [2.05, 4.69) is 15.6 Å². The second-order valence-corrected chi connectivity index (χ2v) is 4.68. The van der Waals surface area contributed by atoms with Crippen molar-refractivity contribution in [1.29, 1.82) is 0 Å². The quantitative estimate of drug-likeness (QED) is 0.778. The van der Waals surface area contributed by atoms with Crippen molar-refractivity contribution in [2.24, 2.45) is 5.73 Å². The normalized spacial score (nSPS) is 11.5. The minimum Gasteiger partial charge on any atom is -0.355 e. The van der Waals surface area contributed by atoms with Crippen molar-refractivity contribution in [3.05, 3.63) is 59.9 Å². The largest absolute Gasteiger partial charge is 0.355 e. The van der Waals surface area contributed by atoms with E-state index in [0.29, 0.717) is 23.4 Å². The third-order valence-corrected chi connectivity index (χ3v) is 3.10. The molecule has 2 amide bonds. The molecule has 6 nitrogen and oxygen atoms in total. The van der Waals surface area contributed by atoms with Crippen LogP contribution in [0.1, 0.15) is 28.9 Å². The second kappa shape index (κ2) is 7.33. The lowest BCUT2D eigenvalue weighted by molar-refractivity contribution is -0.122. The number of likely N-dealkylation sites (N-methyl/N-ethyl adjacent to an activating group) is 1. The first-order valence-electron chi connectivity index (χ1n) is 6.96. The van der Waals surface area contributed by atoms with E-state index in [1.165, 1.54) is 0 Å². The Morgan fingerprint density at radius 2 is 1.77 bits per heavy atom. The van der Waals surface area contributed by atoms with Crippen LogP contribution in [0.5, 0.6) is 0 Å². The highest BCUT2D eigenvalue weighted by Crippen LogP contribution is 2.13. The van der Waals surface area contributed by atoms with Crippen molar-refractivity contribution in [3.8, 4) is 0 Å². The van der Waals surface area contributed by atoms with Crippen molar-refractivity contribution >= 4 is 17.5 Å². The first-order chi connectivity index (χ1) is 10.6. The van der Waals surface area contributed by atoms with Gasteiger partial charge in [0.05, 0.1) is 0 Å². The number of nitrogens with zero attached hydrogens (tertiary/aromatic N) is 1. The van der Waals surface area contributed by atoms with Crippen molar-refractivity contribution in [3.63, 3.8) is 0 Å². The van der Waals surface area contributed by atoms with E-state index in [1.54, 1.807) is 48.8 Å². The summed E-state index contributed by atoms with van der Waals surface area (Å²) in [6.45, 7) is 2.36. The van der Waals surface area contributed by atoms with Gasteiger partial charge in [0.15, 0.2) is 0 Å². The van der Waals surface area contributed by atoms with Crippen LogP contribution in [0, 0.1) is 0 Å². The highest BCUT2D eigenvalue weighted by molar-refractivity contribution is 6.04. The first-order valence-corrected chi connectivity index (χ1v) is 6.96. The van der Waals surface area contributed by atoms with Gasteiger partial charge >= 0.3 is 0 Å². The number of nitrogens with two attached hydrogens (primary N) is 1. The molecule has 1 heterocycles. The molecular weight excluding hydrogens is 280 g/mol. The van der Waals surface area contributed by atoms with E-state index in [0.717, 1.165) is 0 Å². The van der Waals surface area contributed by atoms with Gasteiger partial charge in [-0.1, -0.05) is 12.1 Å². The molecule has 2 aromatic rings. The van der Waals surface area contributed by atoms with Gasteiger partial charge in [0, 0.05) is 30.2 Å². The van der Waals surface area contributed by atoms with Crippen LogP contribution in [0.2, 0.25) is 0 Å². The van der Waals surface area contributed by atoms with Crippen LogP contribution < -0.4 is 16.4 Å². The minimum atomic E-state index is -0.739. The van der Waals surface area contributed by atoms with Crippen LogP contribution in [0.3, 0.4) is 0 Å². The third kappa shape index (κ3) is 3.89. The van der Waals surface area contributed by atoms with Gasteiger partial charge in [0.1, 0.15) is 6.04 Å². The van der Waals surface area contributed by atoms with Crippen molar-refractivity contribution in [2.75, 3.05) is 11.9 Å². The van der Waals surface area contributed by atoms with Crippen LogP contribution in [0.15, 0.2) is 48.8 Å². The van der Waals surface area contributed by atoms with Gasteiger partial charge in [-0.3, -0.25) is 14.6 Å². The summed E-state index contributed by atoms with van der Waals surface area (Å²) in [5, 5.41) is 5.43. The van der Waals surface area contributed by atoms with E-state index in [-0.39, 0.29) is 11.8 Å². The Kier molecular flexibility index (Phi) is 5.21. The predicted octanol–water partition coefficient (Wildman–Crippen LogP) is 1.47. The molecule has 1 unspecified atom stereocenters. The molecule has 6 heteroatoms. The number of hydrogen-bond donors (Lipinski definition) is 3. The fourth-order valence-electron chi connectivity index (χ4n) is 1.92. The average Bonchev–Trinajstić information content (AvgIpc) is 2.55. The standard InChI is InChI=1S/C16H18N4O2/c1-2-19-16(22)14(17)11-3-5-12(6-4-11)15(21)20-13-7-9-18-10-8-13/h3-10,14H,2,17H2,1H3,(H,19,22)(H,18,20,21). The summed E-state index contributed by atoms with van der Waals surface area (Å²) in [7, 11) is 0. The Morgan fingerprint density at radius 3 is 2.36 bits per heavy atom. The Balaban J connectivity index is 2.05. The average molecular weight is 298 g/mol. The van der Waals surface area contributed by atoms with Crippen LogP contribution in [0.4, 0.5) is 5.69 Å². The summed E-state index contributed by atoms with van der Waals surface area (Å²) in [5.74, 6) is -0.471. The summed E-state index contributed by atoms with van der Waals surface area (Å²) in [4.78, 5) is 27.7. The zero-order valence-corrected chi connectivity index (χ0v) is 12.2. The van der Waals surface area contributed by atoms with Crippen molar-refractivity contribution < 1.29 is 9.59 Å². The minimum absolute atomic E-state index is 0.232. The Hall–Kier alpha value is -2.73. The predicted molar refractivity (Wildman–Crippen MR) is 84.2 cm³/mol. The molecule has 4 N–H and O–H groups in total. The monoisotopic (exact) mass is 298 g/mol. The van der Waals surface area contributed by atoms with E-state index in [1.807, 2.05) is 6.92 Å². The van der Waals surface area contributed by atoms with Gasteiger partial charge in [-0.25, -0.2) is 0 Å². The van der Waals surface area contributed by atoms with E-state index in [9.17, 15) is 9.59 Å². The zero-order valence-electron chi connectivity index (χ0n) is 12.2. The smallest absolute Gasteiger partial charge is 0.255 e. The summed E-state index contributed by atoms with van der Waals surface area (Å²) in [5.41, 5.74) is 7.67. The molecule has 0 aliphatic heterocycles. The molecule has 0 fully saturated rings. The number of pyridine rings is 1. The van der Waals surface area contributed by atoms with Gasteiger partial charge < -0.3 is 16.4 Å². The molecule has 0 bridgehead atoms. The lowest BCUT2D eigenvalue weighted by Gasteiger charge is -2.12. The number of benzene rings is 1. The molecular formula is C16H18N4O2. The second-order valence-electron chi connectivity index (χ2n) is 4.68. The molecule has 1 aromatic carbocycles. The first kappa shape index (κ1) is 15.7. The van der Waals surface area contributed by atoms with Crippen LogP contribution in [-0.4, -0.2) is 23.3 Å². The number of aromatic nitrogens is 1. The van der Waals surface area contributed by atoms with Crippen molar-refractivity contribution in [1.82, 2.24) is 10.3 Å². The summed E-state index contributed by atoms with van der Waals surface area (Å²) >= 11 is 0. The maximum Gasteiger partial charge on any atom is 0.255 e. The summed E-state index contributed by atoms with van der Waals surface area (Å²) in [6.07, 6.45) is 3.20. The molecule has 0 radical (unpaired) electrons. The lowest BCUT2D eigenvalue weighted by atomic mass is 10.0. The molecule has 114 valence electrons. The molecule has 0 saturated carbocycles. The van der Waals surface area contributed by atoms with E-state index >= 15 is 0 Å². The van der Waals surface area contributed by atoms with Gasteiger partial charge in [0.25, 0.3) is 5.91 Å². The summed E-state index contributed by atoms with van der Waals surface area (Å²) in [6, 6.07) is 9.32. The van der Waals surface area contributed by atoms with Gasteiger partial charge in [-0.2, -0.15) is 0 Å². The number of amides is 2. The van der Waals surface area contributed by atoms with Gasteiger partial charge in [0.2, 0.25) is 5.91 Å². The Labute approximate surface area is 128 Å². The molecule has 2 rings (SSSR count). The lowest BCUT2D eigenvalue weighted by Crippen LogP contribution is -2.33. The highest BCUT2D eigenvalue weighted by Gasteiger charge is 2.15. The third-order valence-electron chi connectivity index (χ3n) is 3.10. The zero-order chi connectivity index (χ0) is 15.9. The maximum atomic E-state index is 12.1. The van der Waals surface area contributed by atoms with Crippen LogP contribution in [-0.2, 0) is 4.79 Å². The maximum absolute atomic E-state index is 12.1.